The molecular formula is C16H27F2N3O2. The highest BCUT2D eigenvalue weighted by atomic mass is 19.3. The van der Waals surface area contributed by atoms with Gasteiger partial charge in [-0.1, -0.05) is 27.7 Å². The van der Waals surface area contributed by atoms with Crippen molar-refractivity contribution in [2.75, 3.05) is 6.54 Å². The standard InChI is InChI=1S/C16H27F2N3O2/c1-10(2)8-21-13(14(17)18)12(7-20-21)15(23)19-9-16(4,5)6-11(3)22/h7,10-11,14,22H,6,8-9H2,1-5H3,(H,19,23). The minimum absolute atomic E-state index is 0.0894. The second kappa shape index (κ2) is 7.86. The number of aromatic nitrogens is 2. The quantitative estimate of drug-likeness (QED) is 0.769. The van der Waals surface area contributed by atoms with E-state index in [4.69, 9.17) is 0 Å². The number of rotatable bonds is 8. The molecule has 7 heteroatoms. The average Bonchev–Trinajstić information content (AvgIpc) is 2.77. The Morgan fingerprint density at radius 3 is 2.48 bits per heavy atom. The number of amides is 1. The molecule has 2 N–H and O–H groups in total. The van der Waals surface area contributed by atoms with Gasteiger partial charge in [0.25, 0.3) is 12.3 Å². The molecule has 1 aromatic heterocycles. The Balaban J connectivity index is 2.86. The van der Waals surface area contributed by atoms with E-state index in [1.54, 1.807) is 6.92 Å². The van der Waals surface area contributed by atoms with Crippen LogP contribution in [0.25, 0.3) is 0 Å². The zero-order valence-corrected chi connectivity index (χ0v) is 14.4. The fraction of sp³-hybridized carbons (Fsp3) is 0.750. The molecule has 0 spiro atoms. The Labute approximate surface area is 136 Å². The van der Waals surface area contributed by atoms with Gasteiger partial charge in [0.05, 0.1) is 17.9 Å². The molecular weight excluding hydrogens is 304 g/mol. The van der Waals surface area contributed by atoms with E-state index in [9.17, 15) is 18.7 Å². The number of hydrogen-bond donors (Lipinski definition) is 2. The molecule has 0 saturated carbocycles. The van der Waals surface area contributed by atoms with Gasteiger partial charge in [0.15, 0.2) is 0 Å². The van der Waals surface area contributed by atoms with E-state index < -0.39 is 18.4 Å². The van der Waals surface area contributed by atoms with Crippen LogP contribution in [0.15, 0.2) is 6.20 Å². The van der Waals surface area contributed by atoms with Crippen molar-refractivity contribution in [2.24, 2.45) is 11.3 Å². The van der Waals surface area contributed by atoms with Crippen molar-refractivity contribution >= 4 is 5.91 Å². The number of halogens is 2. The third-order valence-corrected chi connectivity index (χ3v) is 3.45. The van der Waals surface area contributed by atoms with E-state index in [1.165, 1.54) is 10.9 Å². The van der Waals surface area contributed by atoms with Crippen LogP contribution in [0.3, 0.4) is 0 Å². The normalized spacial score (nSPS) is 13.7. The highest BCUT2D eigenvalue weighted by Gasteiger charge is 2.27. The Morgan fingerprint density at radius 2 is 2.00 bits per heavy atom. The molecule has 1 heterocycles. The molecule has 0 bridgehead atoms. The van der Waals surface area contributed by atoms with E-state index in [1.807, 2.05) is 27.7 Å². The number of carbonyl (C=O) groups excluding carboxylic acids is 1. The van der Waals surface area contributed by atoms with Crippen LogP contribution in [0.5, 0.6) is 0 Å². The summed E-state index contributed by atoms with van der Waals surface area (Å²) in [7, 11) is 0. The van der Waals surface area contributed by atoms with Gasteiger partial charge in [0, 0.05) is 13.1 Å². The Morgan fingerprint density at radius 1 is 1.39 bits per heavy atom. The van der Waals surface area contributed by atoms with Gasteiger partial charge in [-0.3, -0.25) is 9.48 Å². The molecule has 1 atom stereocenters. The number of aliphatic hydroxyl groups excluding tert-OH is 1. The van der Waals surface area contributed by atoms with Crippen molar-refractivity contribution in [1.82, 2.24) is 15.1 Å². The van der Waals surface area contributed by atoms with Crippen LogP contribution in [0.1, 0.15) is 63.5 Å². The number of alkyl halides is 2. The summed E-state index contributed by atoms with van der Waals surface area (Å²) in [6, 6.07) is 0. The zero-order chi connectivity index (χ0) is 17.8. The number of aliphatic hydroxyl groups is 1. The monoisotopic (exact) mass is 331 g/mol. The summed E-state index contributed by atoms with van der Waals surface area (Å²) >= 11 is 0. The maximum Gasteiger partial charge on any atom is 0.280 e. The molecule has 23 heavy (non-hydrogen) atoms. The number of nitrogens with zero attached hydrogens (tertiary/aromatic N) is 2. The maximum absolute atomic E-state index is 13.3. The molecule has 0 aromatic carbocycles. The van der Waals surface area contributed by atoms with Crippen molar-refractivity contribution in [2.45, 2.75) is 60.1 Å². The summed E-state index contributed by atoms with van der Waals surface area (Å²) in [5, 5.41) is 16.0. The van der Waals surface area contributed by atoms with Crippen LogP contribution in [0, 0.1) is 11.3 Å². The summed E-state index contributed by atoms with van der Waals surface area (Å²) in [6.07, 6.45) is -1.56. The van der Waals surface area contributed by atoms with Gasteiger partial charge in [0.2, 0.25) is 0 Å². The van der Waals surface area contributed by atoms with Crippen molar-refractivity contribution in [3.63, 3.8) is 0 Å². The van der Waals surface area contributed by atoms with Gasteiger partial charge in [-0.25, -0.2) is 8.78 Å². The third kappa shape index (κ3) is 5.89. The average molecular weight is 331 g/mol. The SMILES string of the molecule is CC(C)Cn1ncc(C(=O)NCC(C)(C)CC(C)O)c1C(F)F. The second-order valence-corrected chi connectivity index (χ2v) is 7.22. The first kappa shape index (κ1) is 19.5. The molecule has 1 amide bonds. The summed E-state index contributed by atoms with van der Waals surface area (Å²) in [6.45, 7) is 9.89. The predicted octanol–water partition coefficient (Wildman–Crippen LogP) is 3.00. The minimum Gasteiger partial charge on any atom is -0.393 e. The Hall–Kier alpha value is -1.50. The Kier molecular flexibility index (Phi) is 6.68. The molecule has 0 radical (unpaired) electrons. The number of nitrogens with one attached hydrogen (secondary N) is 1. The summed E-state index contributed by atoms with van der Waals surface area (Å²) in [4.78, 5) is 12.2. The molecule has 0 fully saturated rings. The zero-order valence-electron chi connectivity index (χ0n) is 14.4. The summed E-state index contributed by atoms with van der Waals surface area (Å²) < 4.78 is 27.8. The van der Waals surface area contributed by atoms with Crippen molar-refractivity contribution in [1.29, 1.82) is 0 Å². The maximum atomic E-state index is 13.3. The van der Waals surface area contributed by atoms with Gasteiger partial charge >= 0.3 is 0 Å². The van der Waals surface area contributed by atoms with Crippen LogP contribution in [0.4, 0.5) is 8.78 Å². The van der Waals surface area contributed by atoms with Crippen LogP contribution >= 0.6 is 0 Å². The Bertz CT molecular complexity index is 525. The molecule has 132 valence electrons. The fourth-order valence-corrected chi connectivity index (χ4v) is 2.58. The highest BCUT2D eigenvalue weighted by molar-refractivity contribution is 5.95. The molecule has 0 aliphatic heterocycles. The topological polar surface area (TPSA) is 67.2 Å². The van der Waals surface area contributed by atoms with Gasteiger partial charge < -0.3 is 10.4 Å². The lowest BCUT2D eigenvalue weighted by atomic mass is 9.87. The van der Waals surface area contributed by atoms with Gasteiger partial charge in [-0.2, -0.15) is 5.10 Å². The molecule has 0 saturated heterocycles. The van der Waals surface area contributed by atoms with Crippen LogP contribution in [-0.2, 0) is 6.54 Å². The third-order valence-electron chi connectivity index (χ3n) is 3.45. The predicted molar refractivity (Wildman–Crippen MR) is 84.4 cm³/mol. The van der Waals surface area contributed by atoms with Gasteiger partial charge in [0.1, 0.15) is 5.69 Å². The number of carbonyl (C=O) groups is 1. The smallest absolute Gasteiger partial charge is 0.280 e. The molecule has 1 rings (SSSR count). The molecule has 0 aliphatic carbocycles. The van der Waals surface area contributed by atoms with Crippen LogP contribution in [-0.4, -0.2) is 33.4 Å². The van der Waals surface area contributed by atoms with Crippen LogP contribution < -0.4 is 5.32 Å². The first-order chi connectivity index (χ1) is 10.5. The van der Waals surface area contributed by atoms with Crippen molar-refractivity contribution in [3.05, 3.63) is 17.5 Å². The summed E-state index contributed by atoms with van der Waals surface area (Å²) in [5.74, 6) is -0.415. The highest BCUT2D eigenvalue weighted by Crippen LogP contribution is 2.25. The van der Waals surface area contributed by atoms with E-state index in [2.05, 4.69) is 10.4 Å². The van der Waals surface area contributed by atoms with E-state index in [0.29, 0.717) is 13.0 Å². The molecule has 5 nitrogen and oxygen atoms in total. The van der Waals surface area contributed by atoms with E-state index >= 15 is 0 Å². The second-order valence-electron chi connectivity index (χ2n) is 7.22. The van der Waals surface area contributed by atoms with E-state index in [0.717, 1.165) is 0 Å². The lowest BCUT2D eigenvalue weighted by Gasteiger charge is -2.26. The lowest BCUT2D eigenvalue weighted by Crippen LogP contribution is -2.36. The van der Waals surface area contributed by atoms with Crippen molar-refractivity contribution < 1.29 is 18.7 Å². The molecule has 0 aliphatic rings. The fourth-order valence-electron chi connectivity index (χ4n) is 2.58. The molecule has 1 unspecified atom stereocenters. The van der Waals surface area contributed by atoms with Crippen LogP contribution in [0.2, 0.25) is 0 Å². The van der Waals surface area contributed by atoms with Crippen molar-refractivity contribution in [3.8, 4) is 0 Å². The summed E-state index contributed by atoms with van der Waals surface area (Å²) in [5.41, 5.74) is -0.763. The first-order valence-corrected chi connectivity index (χ1v) is 7.83. The lowest BCUT2D eigenvalue weighted by molar-refractivity contribution is 0.0886. The van der Waals surface area contributed by atoms with E-state index in [-0.39, 0.29) is 29.1 Å². The van der Waals surface area contributed by atoms with Gasteiger partial charge in [-0.15, -0.1) is 0 Å². The minimum atomic E-state index is -2.76. The largest absolute Gasteiger partial charge is 0.393 e. The van der Waals surface area contributed by atoms with Gasteiger partial charge in [-0.05, 0) is 24.7 Å². The number of hydrogen-bond acceptors (Lipinski definition) is 3. The molecule has 1 aromatic rings. The first-order valence-electron chi connectivity index (χ1n) is 7.83.